The highest BCUT2D eigenvalue weighted by molar-refractivity contribution is 7.99. The molecule has 0 saturated carbocycles. The van der Waals surface area contributed by atoms with Crippen LogP contribution in [-0.2, 0) is 11.3 Å². The van der Waals surface area contributed by atoms with E-state index >= 15 is 0 Å². The number of hydrogen-bond donors (Lipinski definition) is 2. The molecule has 2 heterocycles. The molecule has 0 radical (unpaired) electrons. The average Bonchev–Trinajstić information content (AvgIpc) is 3.11. The number of anilines is 1. The van der Waals surface area contributed by atoms with Crippen LogP contribution in [-0.4, -0.2) is 40.4 Å². The van der Waals surface area contributed by atoms with Crippen molar-refractivity contribution in [2.45, 2.75) is 38.9 Å². The van der Waals surface area contributed by atoms with Crippen LogP contribution >= 0.6 is 11.8 Å². The molecule has 166 valence electrons. The Labute approximate surface area is 185 Å². The lowest BCUT2D eigenvalue weighted by atomic mass is 10.1. The molecule has 9 heteroatoms. The summed E-state index contributed by atoms with van der Waals surface area (Å²) >= 11 is 1.25. The number of aromatic amines is 1. The van der Waals surface area contributed by atoms with Gasteiger partial charge < -0.3 is 19.8 Å². The van der Waals surface area contributed by atoms with Gasteiger partial charge in [0.05, 0.1) is 25.5 Å². The van der Waals surface area contributed by atoms with Gasteiger partial charge in [-0.05, 0) is 25.3 Å². The molecule has 0 saturated heterocycles. The third-order valence-electron chi connectivity index (χ3n) is 4.74. The van der Waals surface area contributed by atoms with Gasteiger partial charge in [0.2, 0.25) is 5.91 Å². The summed E-state index contributed by atoms with van der Waals surface area (Å²) in [5.41, 5.74) is 2.45. The van der Waals surface area contributed by atoms with Crippen LogP contribution in [0.4, 0.5) is 5.69 Å². The summed E-state index contributed by atoms with van der Waals surface area (Å²) in [5, 5.41) is 3.38. The molecule has 0 unspecified atom stereocenters. The van der Waals surface area contributed by atoms with E-state index in [0.717, 1.165) is 12.1 Å². The molecule has 2 N–H and O–H groups in total. The Morgan fingerprint density at radius 3 is 2.48 bits per heavy atom. The minimum Gasteiger partial charge on any atom is -0.497 e. The summed E-state index contributed by atoms with van der Waals surface area (Å²) in [4.78, 5) is 33.3. The van der Waals surface area contributed by atoms with Crippen molar-refractivity contribution in [3.8, 4) is 11.5 Å². The minimum atomic E-state index is -0.213. The number of fused-ring (bicyclic) bond motifs is 1. The van der Waals surface area contributed by atoms with Gasteiger partial charge in [-0.25, -0.2) is 4.98 Å². The Kier molecular flexibility index (Phi) is 7.27. The highest BCUT2D eigenvalue weighted by atomic mass is 32.2. The highest BCUT2D eigenvalue weighted by Crippen LogP contribution is 2.26. The molecule has 0 aliphatic rings. The first-order chi connectivity index (χ1) is 14.8. The number of thioether (sulfide) groups is 1. The fourth-order valence-electron chi connectivity index (χ4n) is 3.11. The maximum absolute atomic E-state index is 13.0. The Morgan fingerprint density at radius 2 is 1.87 bits per heavy atom. The second-order valence-corrected chi connectivity index (χ2v) is 8.63. The SMILES string of the molecule is COc1cc(NC(=O)CSc2nc3cc(C)[nH]c3c(=O)n2CCC(C)C)cc(OC)c1. The molecule has 0 fully saturated rings. The third kappa shape index (κ3) is 5.61. The van der Waals surface area contributed by atoms with E-state index in [1.807, 2.05) is 13.0 Å². The van der Waals surface area contributed by atoms with Gasteiger partial charge in [-0.15, -0.1) is 0 Å². The Morgan fingerprint density at radius 1 is 1.19 bits per heavy atom. The second-order valence-electron chi connectivity index (χ2n) is 7.68. The predicted octanol–water partition coefficient (Wildman–Crippen LogP) is 3.83. The maximum Gasteiger partial charge on any atom is 0.278 e. The number of carbonyl (C=O) groups is 1. The Bertz CT molecular complexity index is 1110. The molecule has 1 aromatic carbocycles. The highest BCUT2D eigenvalue weighted by Gasteiger charge is 2.15. The zero-order valence-corrected chi connectivity index (χ0v) is 19.3. The van der Waals surface area contributed by atoms with Crippen LogP contribution in [0.3, 0.4) is 0 Å². The Balaban J connectivity index is 1.80. The lowest BCUT2D eigenvalue weighted by Gasteiger charge is -2.13. The maximum atomic E-state index is 13.0. The number of carbonyl (C=O) groups excluding carboxylic acids is 1. The van der Waals surface area contributed by atoms with Crippen molar-refractivity contribution < 1.29 is 14.3 Å². The number of hydrogen-bond acceptors (Lipinski definition) is 6. The zero-order chi connectivity index (χ0) is 22.5. The number of nitrogens with one attached hydrogen (secondary N) is 2. The van der Waals surface area contributed by atoms with Crippen molar-refractivity contribution in [3.63, 3.8) is 0 Å². The third-order valence-corrected chi connectivity index (χ3v) is 5.71. The normalized spacial score (nSPS) is 11.2. The number of amides is 1. The number of aromatic nitrogens is 3. The molecule has 8 nitrogen and oxygen atoms in total. The van der Waals surface area contributed by atoms with Crippen molar-refractivity contribution >= 4 is 34.4 Å². The van der Waals surface area contributed by atoms with Crippen molar-refractivity contribution in [1.82, 2.24) is 14.5 Å². The summed E-state index contributed by atoms with van der Waals surface area (Å²) in [6.07, 6.45) is 0.843. The summed E-state index contributed by atoms with van der Waals surface area (Å²) in [7, 11) is 3.11. The van der Waals surface area contributed by atoms with Crippen molar-refractivity contribution in [3.05, 3.63) is 40.3 Å². The van der Waals surface area contributed by atoms with Gasteiger partial charge in [0.25, 0.3) is 5.56 Å². The number of aryl methyl sites for hydroxylation is 1. The zero-order valence-electron chi connectivity index (χ0n) is 18.4. The van der Waals surface area contributed by atoms with E-state index in [1.54, 1.807) is 37.0 Å². The predicted molar refractivity (Wildman–Crippen MR) is 123 cm³/mol. The number of H-pyrrole nitrogens is 1. The van der Waals surface area contributed by atoms with Crippen LogP contribution in [0.5, 0.6) is 11.5 Å². The number of benzene rings is 1. The number of nitrogens with zero attached hydrogens (tertiary/aromatic N) is 2. The van der Waals surface area contributed by atoms with E-state index in [-0.39, 0.29) is 17.2 Å². The van der Waals surface area contributed by atoms with Crippen LogP contribution < -0.4 is 20.3 Å². The molecule has 3 rings (SSSR count). The fourth-order valence-corrected chi connectivity index (χ4v) is 3.94. The van der Waals surface area contributed by atoms with Crippen LogP contribution in [0.15, 0.2) is 34.2 Å². The van der Waals surface area contributed by atoms with Crippen molar-refractivity contribution in [1.29, 1.82) is 0 Å². The van der Waals surface area contributed by atoms with E-state index in [9.17, 15) is 9.59 Å². The molecule has 2 aromatic heterocycles. The van der Waals surface area contributed by atoms with Gasteiger partial charge in [0, 0.05) is 36.1 Å². The van der Waals surface area contributed by atoms with Crippen LogP contribution in [0, 0.1) is 12.8 Å². The average molecular weight is 445 g/mol. The van der Waals surface area contributed by atoms with E-state index < -0.39 is 0 Å². The van der Waals surface area contributed by atoms with Gasteiger partial charge in [0.15, 0.2) is 5.16 Å². The first kappa shape index (κ1) is 22.7. The standard InChI is InChI=1S/C22H28N4O4S/c1-13(2)6-7-26-21(28)20-18(8-14(3)23-20)25-22(26)31-12-19(27)24-15-9-16(29-4)11-17(10-15)30-5/h8-11,13,23H,6-7,12H2,1-5H3,(H,24,27). The molecule has 0 spiro atoms. The second kappa shape index (κ2) is 9.91. The summed E-state index contributed by atoms with van der Waals surface area (Å²) in [6, 6.07) is 7.01. The van der Waals surface area contributed by atoms with E-state index in [4.69, 9.17) is 9.47 Å². The van der Waals surface area contributed by atoms with Gasteiger partial charge in [-0.1, -0.05) is 25.6 Å². The summed E-state index contributed by atoms with van der Waals surface area (Å²) < 4.78 is 12.1. The first-order valence-electron chi connectivity index (χ1n) is 10.1. The van der Waals surface area contributed by atoms with Gasteiger partial charge in [-0.3, -0.25) is 14.2 Å². The topological polar surface area (TPSA) is 98.2 Å². The van der Waals surface area contributed by atoms with E-state index in [0.29, 0.717) is 45.8 Å². The molecule has 0 aliphatic carbocycles. The first-order valence-corrected chi connectivity index (χ1v) is 11.0. The van der Waals surface area contributed by atoms with Crippen molar-refractivity contribution in [2.75, 3.05) is 25.3 Å². The van der Waals surface area contributed by atoms with E-state index in [1.165, 1.54) is 11.8 Å². The summed E-state index contributed by atoms with van der Waals surface area (Å²) in [6.45, 7) is 6.66. The summed E-state index contributed by atoms with van der Waals surface area (Å²) in [5.74, 6) is 1.51. The van der Waals surface area contributed by atoms with Crippen LogP contribution in [0.1, 0.15) is 26.0 Å². The molecule has 1 amide bonds. The molecule has 3 aromatic rings. The minimum absolute atomic E-state index is 0.112. The quantitative estimate of drug-likeness (QED) is 0.385. The molecule has 0 bridgehead atoms. The largest absolute Gasteiger partial charge is 0.497 e. The lowest BCUT2D eigenvalue weighted by Crippen LogP contribution is -2.25. The molecular formula is C22H28N4O4S. The van der Waals surface area contributed by atoms with Crippen LogP contribution in [0.25, 0.3) is 11.0 Å². The number of methoxy groups -OCH3 is 2. The lowest BCUT2D eigenvalue weighted by molar-refractivity contribution is -0.113. The molecule has 0 atom stereocenters. The number of ether oxygens (including phenoxy) is 2. The van der Waals surface area contributed by atoms with Crippen LogP contribution in [0.2, 0.25) is 0 Å². The smallest absolute Gasteiger partial charge is 0.278 e. The van der Waals surface area contributed by atoms with Gasteiger partial charge in [-0.2, -0.15) is 0 Å². The van der Waals surface area contributed by atoms with Crippen molar-refractivity contribution in [2.24, 2.45) is 5.92 Å². The van der Waals surface area contributed by atoms with Gasteiger partial charge >= 0.3 is 0 Å². The van der Waals surface area contributed by atoms with Gasteiger partial charge in [0.1, 0.15) is 17.0 Å². The Hall–Kier alpha value is -2.94. The molecule has 0 aliphatic heterocycles. The van der Waals surface area contributed by atoms with E-state index in [2.05, 4.69) is 29.1 Å². The monoisotopic (exact) mass is 444 g/mol. The number of rotatable bonds is 9. The molecular weight excluding hydrogens is 416 g/mol. The molecule has 31 heavy (non-hydrogen) atoms. The fraction of sp³-hybridized carbons (Fsp3) is 0.409.